The lowest BCUT2D eigenvalue weighted by atomic mass is 9.97. The second kappa shape index (κ2) is 8.99. The van der Waals surface area contributed by atoms with E-state index in [1.807, 2.05) is 0 Å². The molecule has 0 aliphatic carbocycles. The molecule has 1 atom stereocenters. The second-order valence-corrected chi connectivity index (χ2v) is 8.64. The molecule has 2 fully saturated rings. The topological polar surface area (TPSA) is 57.8 Å². The Morgan fingerprint density at radius 2 is 2.12 bits per heavy atom. The summed E-state index contributed by atoms with van der Waals surface area (Å²) in [5.74, 6) is 2.19. The number of nitrogens with two attached hydrogens (primary N) is 1. The highest BCUT2D eigenvalue weighted by atomic mass is 32.1. The van der Waals surface area contributed by atoms with E-state index in [2.05, 4.69) is 29.0 Å². The maximum absolute atomic E-state index is 6.23. The summed E-state index contributed by atoms with van der Waals surface area (Å²) in [4.78, 5) is 14.2. The Bertz CT molecular complexity index is 562. The van der Waals surface area contributed by atoms with Crippen molar-refractivity contribution < 1.29 is 0 Å². The third kappa shape index (κ3) is 5.42. The minimum atomic E-state index is 0.679. The Balaban J connectivity index is 1.40. The fraction of sp³-hybridized carbons (Fsp3) is 0.789. The van der Waals surface area contributed by atoms with Gasteiger partial charge in [-0.15, -0.1) is 11.3 Å². The van der Waals surface area contributed by atoms with Crippen LogP contribution in [0.3, 0.4) is 0 Å². The maximum atomic E-state index is 6.23. The Morgan fingerprint density at radius 3 is 2.80 bits per heavy atom. The number of aryl methyl sites for hydroxylation is 1. The number of piperidine rings is 2. The number of rotatable bonds is 5. The zero-order valence-corrected chi connectivity index (χ0v) is 16.6. The first-order chi connectivity index (χ1) is 12.1. The van der Waals surface area contributed by atoms with Crippen molar-refractivity contribution in [1.29, 1.82) is 0 Å². The van der Waals surface area contributed by atoms with Crippen molar-refractivity contribution in [3.8, 4) is 0 Å². The molecule has 25 heavy (non-hydrogen) atoms. The molecule has 3 rings (SSSR count). The number of aromatic nitrogens is 1. The fourth-order valence-corrected chi connectivity index (χ4v) is 4.60. The van der Waals surface area contributed by atoms with Gasteiger partial charge < -0.3 is 10.6 Å². The Kier molecular flexibility index (Phi) is 6.70. The van der Waals surface area contributed by atoms with E-state index in [0.717, 1.165) is 57.6 Å². The molecule has 1 aromatic rings. The Labute approximate surface area is 156 Å². The van der Waals surface area contributed by atoms with Crippen LogP contribution in [0.1, 0.15) is 50.2 Å². The monoisotopic (exact) mass is 363 g/mol. The highest BCUT2D eigenvalue weighted by Crippen LogP contribution is 2.21. The molecule has 1 unspecified atom stereocenters. The summed E-state index contributed by atoms with van der Waals surface area (Å²) in [6, 6.07) is 0. The third-order valence-corrected chi connectivity index (χ3v) is 6.53. The van der Waals surface area contributed by atoms with Crippen molar-refractivity contribution in [1.82, 2.24) is 14.8 Å². The molecule has 2 aliphatic heterocycles. The number of aliphatic imine (C=N–C) groups is 1. The molecule has 6 heteroatoms. The predicted molar refractivity (Wildman–Crippen MR) is 106 cm³/mol. The molecule has 3 heterocycles. The van der Waals surface area contributed by atoms with Crippen LogP contribution in [-0.4, -0.2) is 53.5 Å². The summed E-state index contributed by atoms with van der Waals surface area (Å²) >= 11 is 1.79. The summed E-state index contributed by atoms with van der Waals surface area (Å²) in [7, 11) is 0. The van der Waals surface area contributed by atoms with Gasteiger partial charge in [0.05, 0.1) is 10.7 Å². The van der Waals surface area contributed by atoms with Crippen LogP contribution < -0.4 is 5.73 Å². The van der Waals surface area contributed by atoms with E-state index < -0.39 is 0 Å². The summed E-state index contributed by atoms with van der Waals surface area (Å²) in [5, 5.41) is 3.47. The van der Waals surface area contributed by atoms with Crippen LogP contribution in [0, 0.1) is 11.8 Å². The van der Waals surface area contributed by atoms with Crippen LogP contribution in [0.15, 0.2) is 10.4 Å². The molecule has 2 N–H and O–H groups in total. The molecular formula is C19H33N5S. The molecule has 0 radical (unpaired) electrons. The van der Waals surface area contributed by atoms with Crippen LogP contribution in [0.2, 0.25) is 0 Å². The van der Waals surface area contributed by atoms with Crippen LogP contribution in [-0.2, 0) is 13.0 Å². The highest BCUT2D eigenvalue weighted by molar-refractivity contribution is 7.09. The van der Waals surface area contributed by atoms with Crippen molar-refractivity contribution >= 4 is 17.3 Å². The zero-order chi connectivity index (χ0) is 17.6. The summed E-state index contributed by atoms with van der Waals surface area (Å²) in [6.45, 7) is 10.8. The van der Waals surface area contributed by atoms with Gasteiger partial charge in [0, 0.05) is 31.6 Å². The van der Waals surface area contributed by atoms with Crippen LogP contribution >= 0.6 is 11.3 Å². The van der Waals surface area contributed by atoms with E-state index >= 15 is 0 Å². The Morgan fingerprint density at radius 1 is 1.32 bits per heavy atom. The molecule has 0 bridgehead atoms. The smallest absolute Gasteiger partial charge is 0.191 e. The van der Waals surface area contributed by atoms with Crippen molar-refractivity contribution in [3.05, 3.63) is 16.1 Å². The Hall–Kier alpha value is -1.14. The molecule has 140 valence electrons. The minimum absolute atomic E-state index is 0.679. The molecule has 2 saturated heterocycles. The standard InChI is InChI=1S/C19H33N5S/c1-3-18-22-17(14-25-18)13-23-9-6-16(7-10-23)11-21-19(20)24-8-4-5-15(2)12-24/h14-16H,3-13H2,1-2H3,(H2,20,21). The molecule has 0 amide bonds. The van der Waals surface area contributed by atoms with Gasteiger partial charge in [-0.3, -0.25) is 9.89 Å². The van der Waals surface area contributed by atoms with Gasteiger partial charge in [-0.1, -0.05) is 13.8 Å². The lowest BCUT2D eigenvalue weighted by Gasteiger charge is -2.33. The van der Waals surface area contributed by atoms with Gasteiger partial charge in [-0.05, 0) is 57.0 Å². The van der Waals surface area contributed by atoms with Gasteiger partial charge in [0.15, 0.2) is 5.96 Å². The average molecular weight is 364 g/mol. The number of hydrogen-bond acceptors (Lipinski definition) is 4. The lowest BCUT2D eigenvalue weighted by molar-refractivity contribution is 0.178. The number of likely N-dealkylation sites (tertiary alicyclic amines) is 2. The molecule has 5 nitrogen and oxygen atoms in total. The summed E-state index contributed by atoms with van der Waals surface area (Å²) in [5.41, 5.74) is 7.47. The molecule has 0 aromatic carbocycles. The first-order valence-electron chi connectivity index (χ1n) is 9.84. The predicted octanol–water partition coefficient (Wildman–Crippen LogP) is 2.96. The van der Waals surface area contributed by atoms with Crippen LogP contribution in [0.5, 0.6) is 0 Å². The minimum Gasteiger partial charge on any atom is -0.370 e. The largest absolute Gasteiger partial charge is 0.370 e. The van der Waals surface area contributed by atoms with E-state index in [9.17, 15) is 0 Å². The SMILES string of the molecule is CCc1nc(CN2CCC(CN=C(N)N3CCCC(C)C3)CC2)cs1. The third-order valence-electron chi connectivity index (χ3n) is 5.49. The summed E-state index contributed by atoms with van der Waals surface area (Å²) < 4.78 is 0. The maximum Gasteiger partial charge on any atom is 0.191 e. The first kappa shape index (κ1) is 18.6. The molecule has 1 aromatic heterocycles. The van der Waals surface area contributed by atoms with E-state index in [0.29, 0.717) is 5.92 Å². The van der Waals surface area contributed by atoms with Crippen molar-refractivity contribution in [2.24, 2.45) is 22.6 Å². The van der Waals surface area contributed by atoms with Crippen molar-refractivity contribution in [3.63, 3.8) is 0 Å². The van der Waals surface area contributed by atoms with E-state index in [1.54, 1.807) is 11.3 Å². The number of guanidine groups is 1. The number of hydrogen-bond donors (Lipinski definition) is 1. The lowest BCUT2D eigenvalue weighted by Crippen LogP contribution is -2.44. The van der Waals surface area contributed by atoms with Gasteiger partial charge in [0.25, 0.3) is 0 Å². The summed E-state index contributed by atoms with van der Waals surface area (Å²) in [6.07, 6.45) is 6.05. The highest BCUT2D eigenvalue weighted by Gasteiger charge is 2.21. The molecule has 0 spiro atoms. The van der Waals surface area contributed by atoms with Crippen molar-refractivity contribution in [2.45, 2.75) is 52.5 Å². The number of thiazole rings is 1. The van der Waals surface area contributed by atoms with Crippen LogP contribution in [0.4, 0.5) is 0 Å². The fourth-order valence-electron chi connectivity index (χ4n) is 3.86. The van der Waals surface area contributed by atoms with Gasteiger partial charge in [-0.2, -0.15) is 0 Å². The van der Waals surface area contributed by atoms with Gasteiger partial charge in [0.2, 0.25) is 0 Å². The van der Waals surface area contributed by atoms with Crippen molar-refractivity contribution in [2.75, 3.05) is 32.7 Å². The van der Waals surface area contributed by atoms with Gasteiger partial charge in [0.1, 0.15) is 0 Å². The first-order valence-corrected chi connectivity index (χ1v) is 10.7. The average Bonchev–Trinajstić information content (AvgIpc) is 3.08. The second-order valence-electron chi connectivity index (χ2n) is 7.70. The van der Waals surface area contributed by atoms with Gasteiger partial charge >= 0.3 is 0 Å². The van der Waals surface area contributed by atoms with E-state index in [-0.39, 0.29) is 0 Å². The zero-order valence-electron chi connectivity index (χ0n) is 15.8. The van der Waals surface area contributed by atoms with E-state index in [4.69, 9.17) is 15.7 Å². The molecule has 0 saturated carbocycles. The quantitative estimate of drug-likeness (QED) is 0.645. The van der Waals surface area contributed by atoms with E-state index in [1.165, 1.54) is 36.4 Å². The molecule has 2 aliphatic rings. The number of nitrogens with zero attached hydrogens (tertiary/aromatic N) is 4. The molecular weight excluding hydrogens is 330 g/mol. The van der Waals surface area contributed by atoms with Gasteiger partial charge in [-0.25, -0.2) is 4.98 Å². The van der Waals surface area contributed by atoms with Crippen LogP contribution in [0.25, 0.3) is 0 Å². The normalized spacial score (nSPS) is 24.0.